The quantitative estimate of drug-likeness (QED) is 0.903. The monoisotopic (exact) mass is 353 g/mol. The third-order valence-corrected chi connectivity index (χ3v) is 4.84. The minimum atomic E-state index is 0.184. The van der Waals surface area contributed by atoms with E-state index in [-0.39, 0.29) is 5.91 Å². The van der Waals surface area contributed by atoms with Crippen molar-refractivity contribution in [3.63, 3.8) is 0 Å². The van der Waals surface area contributed by atoms with Crippen LogP contribution in [0.2, 0.25) is 0 Å². The number of hydrogen-bond acceptors (Lipinski definition) is 3. The van der Waals surface area contributed by atoms with Crippen molar-refractivity contribution >= 4 is 27.5 Å². The first-order chi connectivity index (χ1) is 9.95. The van der Waals surface area contributed by atoms with Gasteiger partial charge in [-0.05, 0) is 37.5 Å². The Hall–Kier alpha value is -1.07. The lowest BCUT2D eigenvalue weighted by Crippen LogP contribution is -2.43. The Morgan fingerprint density at radius 2 is 2.05 bits per heavy atom. The standard InChI is InChI=1S/C16H24BrN3O/c1-12-4-5-14(10-15(12)17)18-13-6-8-20(9-7-13)11-16(21)19(2)3/h4-5,10,13,18H,6-9,11H2,1-3H3. The molecule has 1 fully saturated rings. The van der Waals surface area contributed by atoms with E-state index in [0.717, 1.165) is 36.1 Å². The van der Waals surface area contributed by atoms with Crippen molar-refractivity contribution < 1.29 is 4.79 Å². The molecule has 1 amide bonds. The minimum absolute atomic E-state index is 0.184. The number of carbonyl (C=O) groups is 1. The molecular weight excluding hydrogens is 330 g/mol. The summed E-state index contributed by atoms with van der Waals surface area (Å²) in [6.07, 6.45) is 2.15. The van der Waals surface area contributed by atoms with Gasteiger partial charge >= 0.3 is 0 Å². The molecule has 0 radical (unpaired) electrons. The number of nitrogens with zero attached hydrogens (tertiary/aromatic N) is 2. The molecule has 0 bridgehead atoms. The fourth-order valence-electron chi connectivity index (χ4n) is 2.49. The second-order valence-corrected chi connectivity index (χ2v) is 6.80. The first-order valence-corrected chi connectivity index (χ1v) is 8.20. The van der Waals surface area contributed by atoms with E-state index < -0.39 is 0 Å². The van der Waals surface area contributed by atoms with Gasteiger partial charge in [0.2, 0.25) is 5.91 Å². The molecule has 0 unspecified atom stereocenters. The molecule has 1 aliphatic heterocycles. The molecule has 5 heteroatoms. The van der Waals surface area contributed by atoms with E-state index in [1.54, 1.807) is 4.90 Å². The maximum Gasteiger partial charge on any atom is 0.236 e. The fourth-order valence-corrected chi connectivity index (χ4v) is 2.87. The average molecular weight is 354 g/mol. The highest BCUT2D eigenvalue weighted by molar-refractivity contribution is 9.10. The zero-order valence-electron chi connectivity index (χ0n) is 13.0. The van der Waals surface area contributed by atoms with E-state index in [9.17, 15) is 4.79 Å². The number of likely N-dealkylation sites (N-methyl/N-ethyl adjacent to an activating group) is 1. The highest BCUT2D eigenvalue weighted by Crippen LogP contribution is 2.23. The molecule has 1 aliphatic rings. The number of carbonyl (C=O) groups excluding carboxylic acids is 1. The van der Waals surface area contributed by atoms with Gasteiger partial charge in [0.25, 0.3) is 0 Å². The molecule has 4 nitrogen and oxygen atoms in total. The maximum absolute atomic E-state index is 11.7. The summed E-state index contributed by atoms with van der Waals surface area (Å²) in [5, 5.41) is 3.59. The fraction of sp³-hybridized carbons (Fsp3) is 0.562. The van der Waals surface area contributed by atoms with E-state index in [1.807, 2.05) is 14.1 Å². The summed E-state index contributed by atoms with van der Waals surface area (Å²) in [4.78, 5) is 15.6. The van der Waals surface area contributed by atoms with E-state index in [1.165, 1.54) is 5.56 Å². The lowest BCUT2D eigenvalue weighted by atomic mass is 10.0. The molecule has 0 saturated carbocycles. The third-order valence-electron chi connectivity index (χ3n) is 3.99. The first-order valence-electron chi connectivity index (χ1n) is 7.41. The molecule has 1 N–H and O–H groups in total. The molecule has 116 valence electrons. The van der Waals surface area contributed by atoms with Gasteiger partial charge in [0, 0.05) is 43.4 Å². The largest absolute Gasteiger partial charge is 0.382 e. The van der Waals surface area contributed by atoms with Crippen LogP contribution in [-0.2, 0) is 4.79 Å². The highest BCUT2D eigenvalue weighted by atomic mass is 79.9. The van der Waals surface area contributed by atoms with E-state index in [4.69, 9.17) is 0 Å². The van der Waals surface area contributed by atoms with Gasteiger partial charge < -0.3 is 10.2 Å². The molecular formula is C16H24BrN3O. The number of piperidine rings is 1. The van der Waals surface area contributed by atoms with Crippen LogP contribution in [-0.4, -0.2) is 55.5 Å². The van der Waals surface area contributed by atoms with Crippen molar-refractivity contribution in [2.75, 3.05) is 39.0 Å². The number of aryl methyl sites for hydroxylation is 1. The van der Waals surface area contributed by atoms with Crippen molar-refractivity contribution in [2.45, 2.75) is 25.8 Å². The number of anilines is 1. The number of hydrogen-bond donors (Lipinski definition) is 1. The molecule has 1 aromatic rings. The van der Waals surface area contributed by atoms with E-state index in [2.05, 4.69) is 51.3 Å². The lowest BCUT2D eigenvalue weighted by molar-refractivity contribution is -0.130. The normalized spacial score (nSPS) is 16.8. The van der Waals surface area contributed by atoms with Gasteiger partial charge in [-0.25, -0.2) is 0 Å². The van der Waals surface area contributed by atoms with Gasteiger partial charge in [-0.1, -0.05) is 22.0 Å². The second-order valence-electron chi connectivity index (χ2n) is 5.95. The molecule has 2 rings (SSSR count). The Bertz CT molecular complexity index is 496. The number of nitrogens with one attached hydrogen (secondary N) is 1. The maximum atomic E-state index is 11.7. The van der Waals surface area contributed by atoms with Crippen molar-refractivity contribution in [3.8, 4) is 0 Å². The van der Waals surface area contributed by atoms with Crippen LogP contribution >= 0.6 is 15.9 Å². The third kappa shape index (κ3) is 4.71. The number of halogens is 1. The average Bonchev–Trinajstić information content (AvgIpc) is 2.45. The zero-order chi connectivity index (χ0) is 15.4. The number of benzene rings is 1. The molecule has 0 aromatic heterocycles. The van der Waals surface area contributed by atoms with Gasteiger partial charge in [-0.3, -0.25) is 9.69 Å². The summed E-state index contributed by atoms with van der Waals surface area (Å²) >= 11 is 3.57. The smallest absolute Gasteiger partial charge is 0.236 e. The summed E-state index contributed by atoms with van der Waals surface area (Å²) < 4.78 is 1.14. The van der Waals surface area contributed by atoms with Crippen molar-refractivity contribution in [3.05, 3.63) is 28.2 Å². The Morgan fingerprint density at radius 1 is 1.38 bits per heavy atom. The van der Waals surface area contributed by atoms with Gasteiger partial charge in [0.1, 0.15) is 0 Å². The number of rotatable bonds is 4. The predicted octanol–water partition coefficient (Wildman–Crippen LogP) is 2.72. The number of amides is 1. The number of likely N-dealkylation sites (tertiary alicyclic amines) is 1. The van der Waals surface area contributed by atoms with Gasteiger partial charge in [0.05, 0.1) is 6.54 Å². The molecule has 1 aromatic carbocycles. The van der Waals surface area contributed by atoms with Crippen LogP contribution in [0.25, 0.3) is 0 Å². The van der Waals surface area contributed by atoms with Crippen molar-refractivity contribution in [1.82, 2.24) is 9.80 Å². The van der Waals surface area contributed by atoms with Crippen LogP contribution in [0.1, 0.15) is 18.4 Å². The summed E-state index contributed by atoms with van der Waals surface area (Å²) in [6, 6.07) is 6.88. The summed E-state index contributed by atoms with van der Waals surface area (Å²) in [7, 11) is 3.62. The van der Waals surface area contributed by atoms with Crippen LogP contribution in [0, 0.1) is 6.92 Å². The first kappa shape index (κ1) is 16.3. The van der Waals surface area contributed by atoms with Crippen LogP contribution in [0.3, 0.4) is 0 Å². The summed E-state index contributed by atoms with van der Waals surface area (Å²) in [6.45, 7) is 4.58. The Balaban J connectivity index is 1.81. The topological polar surface area (TPSA) is 35.6 Å². The summed E-state index contributed by atoms with van der Waals surface area (Å²) in [5.74, 6) is 0.184. The van der Waals surface area contributed by atoms with Gasteiger partial charge in [-0.15, -0.1) is 0 Å². The van der Waals surface area contributed by atoms with Crippen LogP contribution in [0.4, 0.5) is 5.69 Å². The molecule has 21 heavy (non-hydrogen) atoms. The molecule has 0 atom stereocenters. The van der Waals surface area contributed by atoms with Crippen LogP contribution < -0.4 is 5.32 Å². The molecule has 1 heterocycles. The highest BCUT2D eigenvalue weighted by Gasteiger charge is 2.21. The van der Waals surface area contributed by atoms with Crippen LogP contribution in [0.15, 0.2) is 22.7 Å². The minimum Gasteiger partial charge on any atom is -0.382 e. The van der Waals surface area contributed by atoms with Crippen LogP contribution in [0.5, 0.6) is 0 Å². The Kier molecular flexibility index (Phi) is 5.65. The summed E-state index contributed by atoms with van der Waals surface area (Å²) in [5.41, 5.74) is 2.41. The van der Waals surface area contributed by atoms with E-state index in [0.29, 0.717) is 12.6 Å². The Morgan fingerprint density at radius 3 is 2.62 bits per heavy atom. The molecule has 0 aliphatic carbocycles. The lowest BCUT2D eigenvalue weighted by Gasteiger charge is -2.33. The van der Waals surface area contributed by atoms with Crippen molar-refractivity contribution in [2.24, 2.45) is 0 Å². The Labute approximate surface area is 135 Å². The SMILES string of the molecule is Cc1ccc(NC2CCN(CC(=O)N(C)C)CC2)cc1Br. The predicted molar refractivity (Wildman–Crippen MR) is 90.7 cm³/mol. The van der Waals surface area contributed by atoms with Gasteiger partial charge in [0.15, 0.2) is 0 Å². The van der Waals surface area contributed by atoms with Crippen molar-refractivity contribution in [1.29, 1.82) is 0 Å². The molecule has 1 saturated heterocycles. The van der Waals surface area contributed by atoms with Gasteiger partial charge in [-0.2, -0.15) is 0 Å². The second kappa shape index (κ2) is 7.27. The van der Waals surface area contributed by atoms with E-state index >= 15 is 0 Å². The zero-order valence-corrected chi connectivity index (χ0v) is 14.6. The molecule has 0 spiro atoms.